The molecule has 0 spiro atoms. The quantitative estimate of drug-likeness (QED) is 0.735. The minimum absolute atomic E-state index is 0.0714. The van der Waals surface area contributed by atoms with Gasteiger partial charge in [0.15, 0.2) is 0 Å². The number of benzene rings is 2. The lowest BCUT2D eigenvalue weighted by Crippen LogP contribution is -2.30. The summed E-state index contributed by atoms with van der Waals surface area (Å²) < 4.78 is 10.1. The van der Waals surface area contributed by atoms with E-state index in [4.69, 9.17) is 9.47 Å². The molecule has 0 atom stereocenters. The van der Waals surface area contributed by atoms with Crippen LogP contribution in [0.2, 0.25) is 0 Å². The molecule has 0 aliphatic rings. The molecule has 2 N–H and O–H groups in total. The van der Waals surface area contributed by atoms with Gasteiger partial charge in [-0.15, -0.1) is 0 Å². The van der Waals surface area contributed by atoms with Crippen LogP contribution in [-0.2, 0) is 14.3 Å². The van der Waals surface area contributed by atoms with Gasteiger partial charge in [0.1, 0.15) is 5.60 Å². The predicted octanol–water partition coefficient (Wildman–Crippen LogP) is 3.87. The molecular formula is C21H26N2O5. The van der Waals surface area contributed by atoms with E-state index in [1.807, 2.05) is 24.3 Å². The molecule has 150 valence electrons. The molecule has 7 nitrogen and oxygen atoms in total. The molecule has 0 radical (unpaired) electrons. The number of carbonyl (C=O) groups is 3. The molecule has 0 aromatic heterocycles. The Morgan fingerprint density at radius 2 is 1.68 bits per heavy atom. The van der Waals surface area contributed by atoms with Gasteiger partial charge in [-0.2, -0.15) is 0 Å². The van der Waals surface area contributed by atoms with Crippen molar-refractivity contribution in [1.82, 2.24) is 5.32 Å². The first-order chi connectivity index (χ1) is 13.2. The Kier molecular flexibility index (Phi) is 6.98. The van der Waals surface area contributed by atoms with Gasteiger partial charge in [0.2, 0.25) is 0 Å². The molecule has 0 bridgehead atoms. The fraction of sp³-hybridized carbons (Fsp3) is 0.381. The summed E-state index contributed by atoms with van der Waals surface area (Å²) >= 11 is 0. The molecule has 0 aliphatic carbocycles. The average molecular weight is 386 g/mol. The van der Waals surface area contributed by atoms with Crippen LogP contribution in [0.4, 0.5) is 10.5 Å². The van der Waals surface area contributed by atoms with Crippen LogP contribution >= 0.6 is 0 Å². The number of esters is 1. The third-order valence-electron chi connectivity index (χ3n) is 3.69. The summed E-state index contributed by atoms with van der Waals surface area (Å²) in [6.45, 7) is 7.43. The molecule has 2 aromatic carbocycles. The maximum atomic E-state index is 12.7. The Hall–Kier alpha value is -3.09. The molecule has 0 fully saturated rings. The lowest BCUT2D eigenvalue weighted by atomic mass is 10.0. The topological polar surface area (TPSA) is 93.7 Å². The maximum Gasteiger partial charge on any atom is 0.412 e. The second kappa shape index (κ2) is 9.21. The highest BCUT2D eigenvalue weighted by Gasteiger charge is 2.20. The van der Waals surface area contributed by atoms with Crippen LogP contribution in [0.5, 0.6) is 0 Å². The molecule has 0 heterocycles. The van der Waals surface area contributed by atoms with Gasteiger partial charge in [-0.25, -0.2) is 4.79 Å². The second-order valence-electron chi connectivity index (χ2n) is 7.18. The number of hydrogen-bond donors (Lipinski definition) is 2. The smallest absolute Gasteiger partial charge is 0.412 e. The van der Waals surface area contributed by atoms with Gasteiger partial charge < -0.3 is 14.8 Å². The lowest BCUT2D eigenvalue weighted by Gasteiger charge is -2.20. The number of carbonyl (C=O) groups excluding carboxylic acids is 3. The first kappa shape index (κ1) is 21.2. The highest BCUT2D eigenvalue weighted by Crippen LogP contribution is 2.25. The van der Waals surface area contributed by atoms with Crippen LogP contribution in [0.25, 0.3) is 10.8 Å². The van der Waals surface area contributed by atoms with E-state index in [1.165, 1.54) is 0 Å². The number of fused-ring (bicyclic) bond motifs is 1. The van der Waals surface area contributed by atoms with Crippen molar-refractivity contribution in [1.29, 1.82) is 0 Å². The fourth-order valence-electron chi connectivity index (χ4n) is 2.55. The minimum atomic E-state index is -0.664. The Morgan fingerprint density at radius 3 is 2.29 bits per heavy atom. The number of hydrogen-bond acceptors (Lipinski definition) is 5. The molecule has 28 heavy (non-hydrogen) atoms. The summed E-state index contributed by atoms with van der Waals surface area (Å²) in [4.78, 5) is 36.3. The highest BCUT2D eigenvalue weighted by atomic mass is 16.6. The van der Waals surface area contributed by atoms with Gasteiger partial charge in [0, 0.05) is 6.54 Å². The van der Waals surface area contributed by atoms with E-state index in [-0.39, 0.29) is 24.5 Å². The van der Waals surface area contributed by atoms with E-state index in [0.29, 0.717) is 12.3 Å². The Labute approximate surface area is 164 Å². The van der Waals surface area contributed by atoms with Gasteiger partial charge in [-0.1, -0.05) is 24.3 Å². The first-order valence-electron chi connectivity index (χ1n) is 9.16. The third kappa shape index (κ3) is 6.26. The number of ether oxygens (including phenoxy) is 2. The molecule has 2 rings (SSSR count). The van der Waals surface area contributed by atoms with Crippen molar-refractivity contribution in [3.8, 4) is 0 Å². The summed E-state index contributed by atoms with van der Waals surface area (Å²) in [5.41, 5.74) is -0.0433. The highest BCUT2D eigenvalue weighted by molar-refractivity contribution is 6.07. The van der Waals surface area contributed by atoms with Crippen molar-refractivity contribution in [2.75, 3.05) is 18.5 Å². The van der Waals surface area contributed by atoms with Crippen molar-refractivity contribution in [2.45, 2.75) is 39.7 Å². The zero-order valence-electron chi connectivity index (χ0n) is 16.6. The van der Waals surface area contributed by atoms with Crippen LogP contribution in [0.1, 0.15) is 44.5 Å². The van der Waals surface area contributed by atoms with Crippen LogP contribution in [0.3, 0.4) is 0 Å². The number of anilines is 1. The zero-order chi connectivity index (χ0) is 20.7. The maximum absolute atomic E-state index is 12.7. The van der Waals surface area contributed by atoms with Gasteiger partial charge >= 0.3 is 12.1 Å². The van der Waals surface area contributed by atoms with Crippen molar-refractivity contribution in [3.63, 3.8) is 0 Å². The van der Waals surface area contributed by atoms with Crippen LogP contribution in [0.15, 0.2) is 36.4 Å². The molecule has 2 aromatic rings. The van der Waals surface area contributed by atoms with Gasteiger partial charge in [0.25, 0.3) is 5.91 Å². The van der Waals surface area contributed by atoms with E-state index in [1.54, 1.807) is 39.8 Å². The Bertz CT molecular complexity index is 871. The largest absolute Gasteiger partial charge is 0.466 e. The molecule has 0 unspecified atom stereocenters. The third-order valence-corrected chi connectivity index (χ3v) is 3.69. The summed E-state index contributed by atoms with van der Waals surface area (Å²) in [7, 11) is 0. The van der Waals surface area contributed by atoms with Crippen molar-refractivity contribution in [3.05, 3.63) is 42.0 Å². The van der Waals surface area contributed by atoms with Crippen LogP contribution in [0, 0.1) is 0 Å². The van der Waals surface area contributed by atoms with Gasteiger partial charge in [0.05, 0.1) is 24.3 Å². The van der Waals surface area contributed by atoms with E-state index in [9.17, 15) is 14.4 Å². The number of amides is 2. The van der Waals surface area contributed by atoms with E-state index in [2.05, 4.69) is 10.6 Å². The number of nitrogens with one attached hydrogen (secondary N) is 2. The minimum Gasteiger partial charge on any atom is -0.466 e. The van der Waals surface area contributed by atoms with E-state index >= 15 is 0 Å². The second-order valence-corrected chi connectivity index (χ2v) is 7.18. The Balaban J connectivity index is 2.22. The molecule has 7 heteroatoms. The summed E-state index contributed by atoms with van der Waals surface area (Å²) in [5.74, 6) is -0.783. The fourth-order valence-corrected chi connectivity index (χ4v) is 2.55. The standard InChI is InChI=1S/C21H26N2O5/c1-5-27-18(24)10-11-22-19(25)16-12-14-8-6-7-9-15(14)13-17(16)23-20(26)28-21(2,3)4/h6-9,12-13H,5,10-11H2,1-4H3,(H,22,25)(H,23,26). The molecule has 2 amide bonds. The van der Waals surface area contributed by atoms with Crippen molar-refractivity contribution in [2.24, 2.45) is 0 Å². The predicted molar refractivity (Wildman–Crippen MR) is 107 cm³/mol. The van der Waals surface area contributed by atoms with Crippen LogP contribution < -0.4 is 10.6 Å². The summed E-state index contributed by atoms with van der Waals surface area (Å²) in [6.07, 6.45) is -0.578. The van der Waals surface area contributed by atoms with E-state index in [0.717, 1.165) is 10.8 Å². The lowest BCUT2D eigenvalue weighted by molar-refractivity contribution is -0.142. The van der Waals surface area contributed by atoms with Gasteiger partial charge in [-0.3, -0.25) is 14.9 Å². The van der Waals surface area contributed by atoms with Crippen LogP contribution in [-0.4, -0.2) is 36.7 Å². The molecule has 0 saturated heterocycles. The number of rotatable bonds is 6. The van der Waals surface area contributed by atoms with Gasteiger partial charge in [-0.05, 0) is 50.6 Å². The van der Waals surface area contributed by atoms with Crippen molar-refractivity contribution < 1.29 is 23.9 Å². The first-order valence-corrected chi connectivity index (χ1v) is 9.16. The normalized spacial score (nSPS) is 11.0. The summed E-state index contributed by atoms with van der Waals surface area (Å²) in [6, 6.07) is 10.9. The van der Waals surface area contributed by atoms with Crippen molar-refractivity contribution >= 4 is 34.4 Å². The monoisotopic (exact) mass is 386 g/mol. The molecule has 0 saturated carbocycles. The molecule has 0 aliphatic heterocycles. The SMILES string of the molecule is CCOC(=O)CCNC(=O)c1cc2ccccc2cc1NC(=O)OC(C)(C)C. The van der Waals surface area contributed by atoms with E-state index < -0.39 is 17.6 Å². The summed E-state index contributed by atoms with van der Waals surface area (Å²) in [5, 5.41) is 7.06. The Morgan fingerprint density at radius 1 is 1.04 bits per heavy atom. The zero-order valence-corrected chi connectivity index (χ0v) is 16.6. The molecular weight excluding hydrogens is 360 g/mol. The average Bonchev–Trinajstić information content (AvgIpc) is 2.59.